The van der Waals surface area contributed by atoms with E-state index in [9.17, 15) is 4.79 Å². The molecule has 5 nitrogen and oxygen atoms in total. The molecule has 0 unspecified atom stereocenters. The molecule has 114 valence electrons. The van der Waals surface area contributed by atoms with E-state index in [2.05, 4.69) is 10.3 Å². The molecule has 5 heteroatoms. The van der Waals surface area contributed by atoms with E-state index < -0.39 is 0 Å². The molecule has 0 aliphatic heterocycles. The Hall–Kier alpha value is -2.82. The normalized spacial score (nSPS) is 11.0. The smallest absolute Gasteiger partial charge is 0.251 e. The minimum absolute atomic E-state index is 0.178. The number of carbonyl (C=O) groups excluding carboxylic acids is 1. The Morgan fingerprint density at radius 1 is 1.18 bits per heavy atom. The molecule has 0 bridgehead atoms. The number of benzene rings is 1. The molecule has 0 saturated heterocycles. The molecular weight excluding hydrogens is 280 g/mol. The summed E-state index contributed by atoms with van der Waals surface area (Å²) >= 11 is 0. The number of anilines is 1. The Morgan fingerprint density at radius 2 is 1.95 bits per heavy atom. The molecule has 2 aromatic rings. The Bertz CT molecular complexity index is 682. The maximum atomic E-state index is 12.1. The molecule has 1 amide bonds. The highest BCUT2D eigenvalue weighted by Gasteiger charge is 2.07. The fourth-order valence-electron chi connectivity index (χ4n) is 1.92. The Morgan fingerprint density at radius 3 is 2.59 bits per heavy atom. The SMILES string of the molecule is COc1ccc(/C=C(\C)C(=O)Nc2cccnc2)cc1OC. The van der Waals surface area contributed by atoms with Crippen LogP contribution in [0.5, 0.6) is 11.5 Å². The van der Waals surface area contributed by atoms with Crippen LogP contribution in [-0.2, 0) is 4.79 Å². The number of rotatable bonds is 5. The van der Waals surface area contributed by atoms with Gasteiger partial charge in [-0.25, -0.2) is 0 Å². The number of hydrogen-bond donors (Lipinski definition) is 1. The van der Waals surface area contributed by atoms with E-state index in [1.807, 2.05) is 12.1 Å². The van der Waals surface area contributed by atoms with Gasteiger partial charge in [0.1, 0.15) is 0 Å². The van der Waals surface area contributed by atoms with Crippen molar-refractivity contribution in [3.63, 3.8) is 0 Å². The number of amides is 1. The van der Waals surface area contributed by atoms with Gasteiger partial charge in [-0.15, -0.1) is 0 Å². The number of ether oxygens (including phenoxy) is 2. The van der Waals surface area contributed by atoms with Crippen LogP contribution in [0.1, 0.15) is 12.5 Å². The molecular formula is C17H18N2O3. The van der Waals surface area contributed by atoms with Gasteiger partial charge in [-0.05, 0) is 42.8 Å². The molecule has 2 rings (SSSR count). The van der Waals surface area contributed by atoms with Crippen LogP contribution < -0.4 is 14.8 Å². The number of aromatic nitrogens is 1. The molecule has 0 saturated carbocycles. The fourth-order valence-corrected chi connectivity index (χ4v) is 1.92. The lowest BCUT2D eigenvalue weighted by Crippen LogP contribution is -2.12. The number of methoxy groups -OCH3 is 2. The summed E-state index contributed by atoms with van der Waals surface area (Å²) in [5, 5.41) is 2.79. The third kappa shape index (κ3) is 3.85. The molecule has 1 heterocycles. The van der Waals surface area contributed by atoms with Crippen molar-refractivity contribution in [2.75, 3.05) is 19.5 Å². The van der Waals surface area contributed by atoms with Gasteiger partial charge < -0.3 is 14.8 Å². The zero-order valence-corrected chi connectivity index (χ0v) is 12.8. The summed E-state index contributed by atoms with van der Waals surface area (Å²) in [5.74, 6) is 1.09. The molecule has 0 aliphatic carbocycles. The summed E-state index contributed by atoms with van der Waals surface area (Å²) < 4.78 is 10.4. The second-order valence-corrected chi connectivity index (χ2v) is 4.64. The van der Waals surface area contributed by atoms with Gasteiger partial charge in [0.2, 0.25) is 0 Å². The van der Waals surface area contributed by atoms with Crippen molar-refractivity contribution >= 4 is 17.7 Å². The van der Waals surface area contributed by atoms with Gasteiger partial charge in [-0.2, -0.15) is 0 Å². The van der Waals surface area contributed by atoms with Crippen molar-refractivity contribution in [3.05, 3.63) is 53.9 Å². The largest absolute Gasteiger partial charge is 0.493 e. The fraction of sp³-hybridized carbons (Fsp3) is 0.176. The number of carbonyl (C=O) groups is 1. The molecule has 22 heavy (non-hydrogen) atoms. The first kappa shape index (κ1) is 15.6. The van der Waals surface area contributed by atoms with E-state index in [4.69, 9.17) is 9.47 Å². The second kappa shape index (κ2) is 7.26. The van der Waals surface area contributed by atoms with Gasteiger partial charge in [0, 0.05) is 11.8 Å². The van der Waals surface area contributed by atoms with Crippen LogP contribution in [0.4, 0.5) is 5.69 Å². The first-order valence-corrected chi connectivity index (χ1v) is 6.75. The predicted octanol–water partition coefficient (Wildman–Crippen LogP) is 3.14. The Balaban J connectivity index is 2.16. The summed E-state index contributed by atoms with van der Waals surface area (Å²) in [6.45, 7) is 1.75. The summed E-state index contributed by atoms with van der Waals surface area (Å²) in [6.07, 6.45) is 5.04. The summed E-state index contributed by atoms with van der Waals surface area (Å²) in [5.41, 5.74) is 2.10. The average Bonchev–Trinajstić information content (AvgIpc) is 2.55. The van der Waals surface area contributed by atoms with Crippen LogP contribution in [-0.4, -0.2) is 25.1 Å². The van der Waals surface area contributed by atoms with Crippen LogP contribution in [0.3, 0.4) is 0 Å². The van der Waals surface area contributed by atoms with Gasteiger partial charge >= 0.3 is 0 Å². The van der Waals surface area contributed by atoms with Crippen molar-refractivity contribution in [3.8, 4) is 11.5 Å². The molecule has 0 aliphatic rings. The summed E-state index contributed by atoms with van der Waals surface area (Å²) in [6, 6.07) is 9.04. The van der Waals surface area contributed by atoms with Crippen LogP contribution in [0, 0.1) is 0 Å². The number of nitrogens with one attached hydrogen (secondary N) is 1. The highest BCUT2D eigenvalue weighted by atomic mass is 16.5. The lowest BCUT2D eigenvalue weighted by Gasteiger charge is -2.08. The van der Waals surface area contributed by atoms with Crippen molar-refractivity contribution in [1.29, 1.82) is 0 Å². The van der Waals surface area contributed by atoms with Crippen LogP contribution >= 0.6 is 0 Å². The van der Waals surface area contributed by atoms with Gasteiger partial charge in [-0.1, -0.05) is 6.07 Å². The minimum Gasteiger partial charge on any atom is -0.493 e. The molecule has 0 fully saturated rings. The van der Waals surface area contributed by atoms with Gasteiger partial charge in [0.05, 0.1) is 26.1 Å². The van der Waals surface area contributed by atoms with E-state index in [1.165, 1.54) is 0 Å². The summed E-state index contributed by atoms with van der Waals surface area (Å²) in [7, 11) is 3.16. The first-order valence-electron chi connectivity index (χ1n) is 6.75. The van der Waals surface area contributed by atoms with Crippen molar-refractivity contribution in [1.82, 2.24) is 4.98 Å². The Kier molecular flexibility index (Phi) is 5.14. The van der Waals surface area contributed by atoms with E-state index in [0.29, 0.717) is 22.8 Å². The second-order valence-electron chi connectivity index (χ2n) is 4.64. The minimum atomic E-state index is -0.178. The lowest BCUT2D eigenvalue weighted by atomic mass is 10.1. The number of pyridine rings is 1. The van der Waals surface area contributed by atoms with Crippen molar-refractivity contribution in [2.45, 2.75) is 6.92 Å². The molecule has 1 N–H and O–H groups in total. The monoisotopic (exact) mass is 298 g/mol. The molecule has 1 aromatic carbocycles. The zero-order chi connectivity index (χ0) is 15.9. The van der Waals surface area contributed by atoms with Crippen LogP contribution in [0.25, 0.3) is 6.08 Å². The van der Waals surface area contributed by atoms with Gasteiger partial charge in [-0.3, -0.25) is 9.78 Å². The maximum absolute atomic E-state index is 12.1. The quantitative estimate of drug-likeness (QED) is 0.861. The Labute approximate surface area is 129 Å². The van der Waals surface area contributed by atoms with Crippen molar-refractivity contribution in [2.24, 2.45) is 0 Å². The van der Waals surface area contributed by atoms with E-state index in [0.717, 1.165) is 5.56 Å². The highest BCUT2D eigenvalue weighted by Crippen LogP contribution is 2.28. The third-order valence-corrected chi connectivity index (χ3v) is 3.07. The zero-order valence-electron chi connectivity index (χ0n) is 12.8. The van der Waals surface area contributed by atoms with Gasteiger partial charge in [0.25, 0.3) is 5.91 Å². The summed E-state index contributed by atoms with van der Waals surface area (Å²) in [4.78, 5) is 16.1. The number of hydrogen-bond acceptors (Lipinski definition) is 4. The highest BCUT2D eigenvalue weighted by molar-refractivity contribution is 6.06. The van der Waals surface area contributed by atoms with E-state index in [1.54, 1.807) is 57.8 Å². The molecule has 0 spiro atoms. The average molecular weight is 298 g/mol. The molecule has 0 radical (unpaired) electrons. The first-order chi connectivity index (χ1) is 10.6. The molecule has 1 aromatic heterocycles. The predicted molar refractivity (Wildman–Crippen MR) is 86.1 cm³/mol. The molecule has 0 atom stereocenters. The topological polar surface area (TPSA) is 60.5 Å². The van der Waals surface area contributed by atoms with Crippen LogP contribution in [0.15, 0.2) is 48.3 Å². The standard InChI is InChI=1S/C17H18N2O3/c1-12(17(20)19-14-5-4-8-18-11-14)9-13-6-7-15(21-2)16(10-13)22-3/h4-11H,1-3H3,(H,19,20)/b12-9+. The number of nitrogens with zero attached hydrogens (tertiary/aromatic N) is 1. The van der Waals surface area contributed by atoms with Gasteiger partial charge in [0.15, 0.2) is 11.5 Å². The maximum Gasteiger partial charge on any atom is 0.251 e. The third-order valence-electron chi connectivity index (χ3n) is 3.07. The van der Waals surface area contributed by atoms with Crippen molar-refractivity contribution < 1.29 is 14.3 Å². The van der Waals surface area contributed by atoms with E-state index >= 15 is 0 Å². The van der Waals surface area contributed by atoms with Crippen LogP contribution in [0.2, 0.25) is 0 Å². The lowest BCUT2D eigenvalue weighted by molar-refractivity contribution is -0.112. The van der Waals surface area contributed by atoms with E-state index in [-0.39, 0.29) is 5.91 Å².